The first-order chi connectivity index (χ1) is 12.6. The number of piperazine rings is 1. The fourth-order valence-corrected chi connectivity index (χ4v) is 3.03. The number of carbonyl (C=O) groups excluding carboxylic acids is 2. The molecule has 152 valence electrons. The fraction of sp³-hybridized carbons (Fsp3) is 0.300. The molecule has 0 aliphatic carbocycles. The number of nitrogen functional groups attached to an aromatic ring is 1. The Hall–Kier alpha value is -2.28. The minimum Gasteiger partial charge on any atom is -0.398 e. The van der Waals surface area contributed by atoms with Gasteiger partial charge in [-0.1, -0.05) is 42.5 Å². The summed E-state index contributed by atoms with van der Waals surface area (Å²) in [6, 6.07) is 17.0. The highest BCUT2D eigenvalue weighted by atomic mass is 35.5. The molecule has 1 aliphatic heterocycles. The maximum absolute atomic E-state index is 12.6. The van der Waals surface area contributed by atoms with Crippen LogP contribution in [0.25, 0.3) is 0 Å². The first kappa shape index (κ1) is 23.8. The van der Waals surface area contributed by atoms with Gasteiger partial charge >= 0.3 is 0 Å². The van der Waals surface area contributed by atoms with E-state index in [-0.39, 0.29) is 36.6 Å². The lowest BCUT2D eigenvalue weighted by Crippen LogP contribution is -2.51. The molecule has 1 aliphatic rings. The molecule has 0 bridgehead atoms. The highest BCUT2D eigenvalue weighted by Crippen LogP contribution is 2.15. The van der Waals surface area contributed by atoms with Crippen molar-refractivity contribution in [2.75, 3.05) is 38.5 Å². The summed E-state index contributed by atoms with van der Waals surface area (Å²) in [5.74, 6) is -0.0442. The second kappa shape index (κ2) is 11.5. The van der Waals surface area contributed by atoms with Crippen molar-refractivity contribution in [1.29, 1.82) is 0 Å². The molecule has 0 spiro atoms. The van der Waals surface area contributed by atoms with Crippen molar-refractivity contribution >= 4 is 42.3 Å². The summed E-state index contributed by atoms with van der Waals surface area (Å²) >= 11 is 0. The van der Waals surface area contributed by atoms with E-state index in [4.69, 9.17) is 5.73 Å². The van der Waals surface area contributed by atoms with E-state index in [1.165, 1.54) is 0 Å². The number of halogens is 2. The molecule has 2 aromatic carbocycles. The Morgan fingerprint density at radius 1 is 0.893 bits per heavy atom. The van der Waals surface area contributed by atoms with Gasteiger partial charge in [0.15, 0.2) is 0 Å². The van der Waals surface area contributed by atoms with Crippen molar-refractivity contribution in [3.8, 4) is 0 Å². The monoisotopic (exact) mass is 424 g/mol. The van der Waals surface area contributed by atoms with Crippen molar-refractivity contribution in [2.24, 2.45) is 0 Å². The summed E-state index contributed by atoms with van der Waals surface area (Å²) < 4.78 is 0. The summed E-state index contributed by atoms with van der Waals surface area (Å²) in [5.41, 5.74) is 8.02. The molecule has 1 fully saturated rings. The van der Waals surface area contributed by atoms with Gasteiger partial charge in [0.1, 0.15) is 0 Å². The minimum atomic E-state index is -0.0451. The molecule has 8 heteroatoms. The number of amides is 2. The van der Waals surface area contributed by atoms with E-state index < -0.39 is 0 Å². The lowest BCUT2D eigenvalue weighted by molar-refractivity contribution is -0.122. The van der Waals surface area contributed by atoms with Gasteiger partial charge in [-0.25, -0.2) is 0 Å². The molecule has 1 saturated heterocycles. The molecule has 0 atom stereocenters. The van der Waals surface area contributed by atoms with E-state index in [0.29, 0.717) is 50.5 Å². The summed E-state index contributed by atoms with van der Waals surface area (Å²) in [6.07, 6.45) is 0. The molecule has 0 saturated carbocycles. The Bertz CT molecular complexity index is 766. The summed E-state index contributed by atoms with van der Waals surface area (Å²) in [6.45, 7) is 3.43. The van der Waals surface area contributed by atoms with Gasteiger partial charge in [-0.05, 0) is 17.7 Å². The number of benzene rings is 2. The number of hydrogen-bond donors (Lipinski definition) is 2. The number of nitrogens with zero attached hydrogens (tertiary/aromatic N) is 2. The number of carbonyl (C=O) groups is 2. The predicted molar refractivity (Wildman–Crippen MR) is 116 cm³/mol. The zero-order chi connectivity index (χ0) is 18.4. The Morgan fingerprint density at radius 2 is 1.50 bits per heavy atom. The number of nitrogens with one attached hydrogen (secondary N) is 1. The standard InChI is InChI=1S/C20H24N4O2.2ClH/c21-18-9-5-4-8-17(18)20(26)24-12-10-23(11-13-24)15-19(25)22-14-16-6-2-1-3-7-16;;/h1-9H,10-15,21H2,(H,22,25);2*1H. The highest BCUT2D eigenvalue weighted by molar-refractivity contribution is 5.99. The average molecular weight is 425 g/mol. The molecule has 3 rings (SSSR count). The van der Waals surface area contributed by atoms with Crippen molar-refractivity contribution in [2.45, 2.75) is 6.54 Å². The van der Waals surface area contributed by atoms with Crippen LogP contribution in [0.5, 0.6) is 0 Å². The molecule has 0 unspecified atom stereocenters. The smallest absolute Gasteiger partial charge is 0.256 e. The molecule has 1 heterocycles. The van der Waals surface area contributed by atoms with Crippen LogP contribution in [0, 0.1) is 0 Å². The molecule has 28 heavy (non-hydrogen) atoms. The number of para-hydroxylation sites is 1. The van der Waals surface area contributed by atoms with Crippen LogP contribution < -0.4 is 11.1 Å². The van der Waals surface area contributed by atoms with Gasteiger partial charge < -0.3 is 16.0 Å². The maximum atomic E-state index is 12.6. The quantitative estimate of drug-likeness (QED) is 0.720. The van der Waals surface area contributed by atoms with Crippen LogP contribution >= 0.6 is 24.8 Å². The number of hydrogen-bond acceptors (Lipinski definition) is 4. The SMILES string of the molecule is Cl.Cl.Nc1ccccc1C(=O)N1CCN(CC(=O)NCc2ccccc2)CC1. The zero-order valence-corrected chi connectivity index (χ0v) is 17.2. The minimum absolute atomic E-state index is 0. The molecule has 2 aromatic rings. The van der Waals surface area contributed by atoms with E-state index in [2.05, 4.69) is 10.2 Å². The van der Waals surface area contributed by atoms with Crippen LogP contribution in [0.4, 0.5) is 5.69 Å². The first-order valence-electron chi connectivity index (χ1n) is 8.80. The van der Waals surface area contributed by atoms with Gasteiger partial charge in [-0.2, -0.15) is 0 Å². The Labute approximate surface area is 177 Å². The maximum Gasteiger partial charge on any atom is 0.256 e. The van der Waals surface area contributed by atoms with Crippen LogP contribution in [0.15, 0.2) is 54.6 Å². The molecular formula is C20H26Cl2N4O2. The molecule has 0 aromatic heterocycles. The van der Waals surface area contributed by atoms with E-state index in [1.54, 1.807) is 17.0 Å². The Kier molecular flexibility index (Phi) is 9.79. The van der Waals surface area contributed by atoms with Crippen molar-refractivity contribution in [3.05, 3.63) is 65.7 Å². The van der Waals surface area contributed by atoms with Crippen molar-refractivity contribution < 1.29 is 9.59 Å². The summed E-state index contributed by atoms with van der Waals surface area (Å²) in [5, 5.41) is 2.94. The van der Waals surface area contributed by atoms with Gasteiger partial charge in [0.2, 0.25) is 5.91 Å². The van der Waals surface area contributed by atoms with Crippen LogP contribution in [0.2, 0.25) is 0 Å². The third-order valence-corrected chi connectivity index (χ3v) is 4.55. The van der Waals surface area contributed by atoms with Crippen molar-refractivity contribution in [3.63, 3.8) is 0 Å². The lowest BCUT2D eigenvalue weighted by Gasteiger charge is -2.34. The van der Waals surface area contributed by atoms with Crippen molar-refractivity contribution in [1.82, 2.24) is 15.1 Å². The fourth-order valence-electron chi connectivity index (χ4n) is 3.03. The van der Waals surface area contributed by atoms with Crippen LogP contribution in [0.3, 0.4) is 0 Å². The Morgan fingerprint density at radius 3 is 2.14 bits per heavy atom. The molecule has 0 radical (unpaired) electrons. The molecular weight excluding hydrogens is 399 g/mol. The van der Waals surface area contributed by atoms with Gasteiger partial charge in [0.05, 0.1) is 12.1 Å². The second-order valence-corrected chi connectivity index (χ2v) is 6.42. The predicted octanol–water partition coefficient (Wildman–Crippen LogP) is 2.19. The number of rotatable bonds is 5. The van der Waals surface area contributed by atoms with Crippen LogP contribution in [-0.2, 0) is 11.3 Å². The molecule has 2 amide bonds. The summed E-state index contributed by atoms with van der Waals surface area (Å²) in [7, 11) is 0. The summed E-state index contributed by atoms with van der Waals surface area (Å²) in [4.78, 5) is 28.5. The van der Waals surface area contributed by atoms with Gasteiger partial charge in [0, 0.05) is 38.4 Å². The number of nitrogens with two attached hydrogens (primary N) is 1. The van der Waals surface area contributed by atoms with Crippen LogP contribution in [0.1, 0.15) is 15.9 Å². The van der Waals surface area contributed by atoms with Gasteiger partial charge in [0.25, 0.3) is 5.91 Å². The largest absolute Gasteiger partial charge is 0.398 e. The van der Waals surface area contributed by atoms with E-state index in [9.17, 15) is 9.59 Å². The van der Waals surface area contributed by atoms with E-state index >= 15 is 0 Å². The van der Waals surface area contributed by atoms with Gasteiger partial charge in [-0.15, -0.1) is 24.8 Å². The topological polar surface area (TPSA) is 78.7 Å². The van der Waals surface area contributed by atoms with Gasteiger partial charge in [-0.3, -0.25) is 14.5 Å². The lowest BCUT2D eigenvalue weighted by atomic mass is 10.1. The Balaban J connectivity index is 0.00000196. The second-order valence-electron chi connectivity index (χ2n) is 6.42. The molecule has 6 nitrogen and oxygen atoms in total. The third kappa shape index (κ3) is 6.41. The highest BCUT2D eigenvalue weighted by Gasteiger charge is 2.24. The zero-order valence-electron chi connectivity index (χ0n) is 15.5. The van der Waals surface area contributed by atoms with Crippen LogP contribution in [-0.4, -0.2) is 54.3 Å². The molecule has 3 N–H and O–H groups in total. The first-order valence-corrected chi connectivity index (χ1v) is 8.80. The average Bonchev–Trinajstić information content (AvgIpc) is 2.68. The van der Waals surface area contributed by atoms with E-state index in [0.717, 1.165) is 5.56 Å². The van der Waals surface area contributed by atoms with E-state index in [1.807, 2.05) is 42.5 Å². The number of anilines is 1. The normalized spacial score (nSPS) is 13.8. The third-order valence-electron chi connectivity index (χ3n) is 4.55.